The second-order valence-corrected chi connectivity index (χ2v) is 2.82. The molecule has 0 aromatic rings. The molecule has 0 bridgehead atoms. The minimum atomic E-state index is -1.03. The van der Waals surface area contributed by atoms with E-state index in [0.717, 1.165) is 6.42 Å². The number of carboxylic acids is 1. The average Bonchev–Trinajstić information content (AvgIpc) is 1.59. The van der Waals surface area contributed by atoms with Crippen LogP contribution < -0.4 is 0 Å². The van der Waals surface area contributed by atoms with E-state index in [4.69, 9.17) is 5.11 Å². The Labute approximate surface area is 60.7 Å². The smallest absolute Gasteiger partial charge is 0.306 e. The lowest BCUT2D eigenvalue weighted by Gasteiger charge is -2.19. The average molecular weight is 146 g/mol. The van der Waals surface area contributed by atoms with Crippen LogP contribution in [0.3, 0.4) is 0 Å². The molecule has 3 heteroatoms. The van der Waals surface area contributed by atoms with Crippen molar-refractivity contribution >= 4 is 5.97 Å². The summed E-state index contributed by atoms with van der Waals surface area (Å²) in [7, 11) is 0. The van der Waals surface area contributed by atoms with Crippen molar-refractivity contribution in [3.63, 3.8) is 0 Å². The molecule has 0 unspecified atom stereocenters. The van der Waals surface area contributed by atoms with E-state index in [9.17, 15) is 9.90 Å². The molecule has 0 aliphatic heterocycles. The maximum Gasteiger partial charge on any atom is 0.306 e. The highest BCUT2D eigenvalue weighted by molar-refractivity contribution is 5.67. The number of aliphatic hydroxyl groups is 1. The molecule has 0 saturated carbocycles. The molecule has 60 valence electrons. The van der Waals surface area contributed by atoms with Crippen LogP contribution in [0.1, 0.15) is 33.1 Å². The molecule has 0 radical (unpaired) electrons. The van der Waals surface area contributed by atoms with Gasteiger partial charge in [-0.2, -0.15) is 0 Å². The number of hydrogen-bond donors (Lipinski definition) is 2. The number of carboxylic acid groups (broad SMARTS) is 1. The van der Waals surface area contributed by atoms with Crippen LogP contribution in [0.4, 0.5) is 0 Å². The monoisotopic (exact) mass is 146 g/mol. The van der Waals surface area contributed by atoms with Gasteiger partial charge in [0.05, 0.1) is 12.0 Å². The Morgan fingerprint density at radius 3 is 2.40 bits per heavy atom. The highest BCUT2D eigenvalue weighted by atomic mass is 16.4. The van der Waals surface area contributed by atoms with Gasteiger partial charge in [0, 0.05) is 0 Å². The van der Waals surface area contributed by atoms with Crippen LogP contribution in [-0.2, 0) is 4.79 Å². The van der Waals surface area contributed by atoms with Gasteiger partial charge in [0.1, 0.15) is 0 Å². The summed E-state index contributed by atoms with van der Waals surface area (Å²) >= 11 is 0. The van der Waals surface area contributed by atoms with Gasteiger partial charge in [-0.25, -0.2) is 0 Å². The molecule has 0 rings (SSSR count). The van der Waals surface area contributed by atoms with Crippen LogP contribution in [0.15, 0.2) is 0 Å². The zero-order valence-electron chi connectivity index (χ0n) is 6.42. The van der Waals surface area contributed by atoms with Gasteiger partial charge >= 0.3 is 5.97 Å². The van der Waals surface area contributed by atoms with Crippen LogP contribution in [0, 0.1) is 0 Å². The Morgan fingerprint density at radius 1 is 1.60 bits per heavy atom. The lowest BCUT2D eigenvalue weighted by molar-refractivity contribution is -0.142. The van der Waals surface area contributed by atoms with Gasteiger partial charge in [0.25, 0.3) is 0 Å². The molecule has 0 saturated heterocycles. The molecule has 0 aliphatic carbocycles. The SMILES string of the molecule is CCC[C@@](C)(O)CC(=O)O. The third kappa shape index (κ3) is 4.32. The predicted molar refractivity (Wildman–Crippen MR) is 37.8 cm³/mol. The van der Waals surface area contributed by atoms with Crippen molar-refractivity contribution in [1.82, 2.24) is 0 Å². The number of aliphatic carboxylic acids is 1. The van der Waals surface area contributed by atoms with Crippen molar-refractivity contribution in [1.29, 1.82) is 0 Å². The van der Waals surface area contributed by atoms with Gasteiger partial charge in [-0.15, -0.1) is 0 Å². The molecule has 0 aliphatic rings. The van der Waals surface area contributed by atoms with Crippen molar-refractivity contribution < 1.29 is 15.0 Å². The zero-order valence-corrected chi connectivity index (χ0v) is 6.42. The number of carbonyl (C=O) groups is 1. The molecule has 0 heterocycles. The first-order valence-corrected chi connectivity index (χ1v) is 3.42. The third-order valence-corrected chi connectivity index (χ3v) is 1.32. The summed E-state index contributed by atoms with van der Waals surface area (Å²) in [5, 5.41) is 17.6. The molecule has 0 aromatic carbocycles. The molecule has 1 atom stereocenters. The summed E-state index contributed by atoms with van der Waals surface area (Å²) < 4.78 is 0. The Kier molecular flexibility index (Phi) is 3.36. The predicted octanol–water partition coefficient (Wildman–Crippen LogP) is 1.01. The Balaban J connectivity index is 3.74. The van der Waals surface area contributed by atoms with E-state index in [1.54, 1.807) is 6.92 Å². The first-order chi connectivity index (χ1) is 4.48. The molecule has 10 heavy (non-hydrogen) atoms. The van der Waals surface area contributed by atoms with Crippen LogP contribution in [0.5, 0.6) is 0 Å². The van der Waals surface area contributed by atoms with Crippen LogP contribution in [-0.4, -0.2) is 21.8 Å². The second kappa shape index (κ2) is 3.56. The first kappa shape index (κ1) is 9.43. The summed E-state index contributed by atoms with van der Waals surface area (Å²) in [6, 6.07) is 0. The molecule has 2 N–H and O–H groups in total. The Hall–Kier alpha value is -0.570. The minimum Gasteiger partial charge on any atom is -0.481 e. The summed E-state index contributed by atoms with van der Waals surface area (Å²) in [6.45, 7) is 3.46. The largest absolute Gasteiger partial charge is 0.481 e. The number of hydrogen-bond acceptors (Lipinski definition) is 2. The molecular formula is C7H14O3. The maximum atomic E-state index is 10.1. The van der Waals surface area contributed by atoms with E-state index >= 15 is 0 Å². The number of rotatable bonds is 4. The van der Waals surface area contributed by atoms with Crippen molar-refractivity contribution in [2.45, 2.75) is 38.7 Å². The van der Waals surface area contributed by atoms with E-state index in [0.29, 0.717) is 6.42 Å². The Bertz CT molecular complexity index is 118. The molecule has 0 amide bonds. The van der Waals surface area contributed by atoms with Crippen molar-refractivity contribution in [2.75, 3.05) is 0 Å². The van der Waals surface area contributed by atoms with Gasteiger partial charge in [0.2, 0.25) is 0 Å². The molecule has 0 fully saturated rings. The first-order valence-electron chi connectivity index (χ1n) is 3.42. The Morgan fingerprint density at radius 2 is 2.10 bits per heavy atom. The second-order valence-electron chi connectivity index (χ2n) is 2.82. The van der Waals surface area contributed by atoms with Gasteiger partial charge < -0.3 is 10.2 Å². The fourth-order valence-electron chi connectivity index (χ4n) is 0.953. The van der Waals surface area contributed by atoms with Gasteiger partial charge in [-0.05, 0) is 13.3 Å². The molecule has 3 nitrogen and oxygen atoms in total. The minimum absolute atomic E-state index is 0.166. The molecule has 0 spiro atoms. The fourth-order valence-corrected chi connectivity index (χ4v) is 0.953. The van der Waals surface area contributed by atoms with Crippen molar-refractivity contribution in [3.05, 3.63) is 0 Å². The summed E-state index contributed by atoms with van der Waals surface area (Å²) in [6.07, 6.45) is 1.18. The highest BCUT2D eigenvalue weighted by Crippen LogP contribution is 2.15. The fraction of sp³-hybridized carbons (Fsp3) is 0.857. The summed E-state index contributed by atoms with van der Waals surface area (Å²) in [4.78, 5) is 10.1. The van der Waals surface area contributed by atoms with Gasteiger partial charge in [-0.3, -0.25) is 4.79 Å². The van der Waals surface area contributed by atoms with Crippen LogP contribution in [0.25, 0.3) is 0 Å². The van der Waals surface area contributed by atoms with E-state index in [2.05, 4.69) is 0 Å². The van der Waals surface area contributed by atoms with E-state index < -0.39 is 11.6 Å². The van der Waals surface area contributed by atoms with Crippen molar-refractivity contribution in [2.24, 2.45) is 0 Å². The van der Waals surface area contributed by atoms with Gasteiger partial charge in [0.15, 0.2) is 0 Å². The zero-order chi connectivity index (χ0) is 8.20. The van der Waals surface area contributed by atoms with Crippen molar-refractivity contribution in [3.8, 4) is 0 Å². The lowest BCUT2D eigenvalue weighted by Crippen LogP contribution is -2.27. The summed E-state index contributed by atoms with van der Waals surface area (Å²) in [5.74, 6) is -0.946. The van der Waals surface area contributed by atoms with E-state index in [-0.39, 0.29) is 6.42 Å². The van der Waals surface area contributed by atoms with Gasteiger partial charge in [-0.1, -0.05) is 13.3 Å². The lowest BCUT2D eigenvalue weighted by atomic mass is 9.97. The standard InChI is InChI=1S/C7H14O3/c1-3-4-7(2,10)5-6(8)9/h10H,3-5H2,1-2H3,(H,8,9)/t7-/m1/s1. The van der Waals surface area contributed by atoms with E-state index in [1.807, 2.05) is 6.92 Å². The third-order valence-electron chi connectivity index (χ3n) is 1.32. The maximum absolute atomic E-state index is 10.1. The van der Waals surface area contributed by atoms with E-state index in [1.165, 1.54) is 0 Å². The van der Waals surface area contributed by atoms with Crippen LogP contribution in [0.2, 0.25) is 0 Å². The normalized spacial score (nSPS) is 16.3. The quantitative estimate of drug-likeness (QED) is 0.622. The molecule has 0 aromatic heterocycles. The summed E-state index contributed by atoms with van der Waals surface area (Å²) in [5.41, 5.74) is -1.03. The molecular weight excluding hydrogens is 132 g/mol. The topological polar surface area (TPSA) is 57.5 Å². The highest BCUT2D eigenvalue weighted by Gasteiger charge is 2.22. The van der Waals surface area contributed by atoms with Crippen LogP contribution >= 0.6 is 0 Å².